The van der Waals surface area contributed by atoms with Crippen molar-refractivity contribution in [3.05, 3.63) is 0 Å². The molecule has 122 valence electrons. The highest BCUT2D eigenvalue weighted by Gasteiger charge is 2.13. The fraction of sp³-hybridized carbons (Fsp3) is 1.00. The summed E-state index contributed by atoms with van der Waals surface area (Å²) in [5.41, 5.74) is 0. The van der Waals surface area contributed by atoms with Gasteiger partial charge in [-0.25, -0.2) is 0 Å². The van der Waals surface area contributed by atoms with Crippen molar-refractivity contribution in [2.75, 3.05) is 0 Å². The molecule has 0 fully saturated rings. The van der Waals surface area contributed by atoms with Gasteiger partial charge in [0.1, 0.15) is 0 Å². The van der Waals surface area contributed by atoms with E-state index >= 15 is 0 Å². The number of hydrogen-bond acceptors (Lipinski definition) is 0. The molecule has 0 heterocycles. The first-order chi connectivity index (χ1) is 9.36. The van der Waals surface area contributed by atoms with E-state index in [1.54, 1.807) is 0 Å². The molecule has 0 aromatic rings. The van der Waals surface area contributed by atoms with Gasteiger partial charge in [0.2, 0.25) is 0 Å². The molecule has 0 heteroatoms. The lowest BCUT2D eigenvalue weighted by Gasteiger charge is -2.22. The van der Waals surface area contributed by atoms with Crippen LogP contribution >= 0.6 is 0 Å². The van der Waals surface area contributed by atoms with Crippen LogP contribution in [0.2, 0.25) is 0 Å². The summed E-state index contributed by atoms with van der Waals surface area (Å²) in [5.74, 6) is 4.55. The van der Waals surface area contributed by atoms with Crippen LogP contribution in [0, 0.1) is 29.6 Å². The fourth-order valence-corrected chi connectivity index (χ4v) is 3.05. The average Bonchev–Trinajstić information content (AvgIpc) is 2.40. The van der Waals surface area contributed by atoms with E-state index in [1.807, 2.05) is 0 Å². The number of hydrogen-bond donors (Lipinski definition) is 0. The van der Waals surface area contributed by atoms with Gasteiger partial charge in [-0.2, -0.15) is 0 Å². The van der Waals surface area contributed by atoms with Crippen molar-refractivity contribution < 1.29 is 0 Å². The molecule has 0 aliphatic rings. The van der Waals surface area contributed by atoms with Crippen molar-refractivity contribution in [1.82, 2.24) is 0 Å². The topological polar surface area (TPSA) is 0 Å². The van der Waals surface area contributed by atoms with Crippen LogP contribution in [0.3, 0.4) is 0 Å². The molecule has 0 saturated carbocycles. The third-order valence-electron chi connectivity index (χ3n) is 5.22. The van der Waals surface area contributed by atoms with E-state index in [0.717, 1.165) is 29.6 Å². The van der Waals surface area contributed by atoms with Crippen LogP contribution < -0.4 is 0 Å². The summed E-state index contributed by atoms with van der Waals surface area (Å²) in [6.07, 6.45) is 11.3. The first-order valence-electron chi connectivity index (χ1n) is 9.36. The van der Waals surface area contributed by atoms with Crippen LogP contribution in [0.1, 0.15) is 99.8 Å². The lowest BCUT2D eigenvalue weighted by molar-refractivity contribution is 0.300. The summed E-state index contributed by atoms with van der Waals surface area (Å²) in [7, 11) is 0. The summed E-state index contributed by atoms with van der Waals surface area (Å²) >= 11 is 0. The van der Waals surface area contributed by atoms with Crippen LogP contribution in [0.15, 0.2) is 0 Å². The molecule has 20 heavy (non-hydrogen) atoms. The summed E-state index contributed by atoms with van der Waals surface area (Å²) in [5, 5.41) is 0. The van der Waals surface area contributed by atoms with Gasteiger partial charge < -0.3 is 0 Å². The Labute approximate surface area is 130 Å². The molecule has 0 bridgehead atoms. The summed E-state index contributed by atoms with van der Waals surface area (Å²) < 4.78 is 0. The lowest BCUT2D eigenvalue weighted by atomic mass is 9.84. The average molecular weight is 283 g/mol. The van der Waals surface area contributed by atoms with Gasteiger partial charge in [-0.1, -0.05) is 99.8 Å². The Morgan fingerprint density at radius 1 is 0.500 bits per heavy atom. The standard InChI is InChI=1S/C20H42/c1-8-9-19(6)20(7)15-14-18(5)13-12-17(4)11-10-16(2)3/h16-20H,8-15H2,1-7H3. The molecule has 0 aromatic heterocycles. The Morgan fingerprint density at radius 2 is 0.900 bits per heavy atom. The second-order valence-corrected chi connectivity index (χ2v) is 8.08. The Morgan fingerprint density at radius 3 is 1.35 bits per heavy atom. The molecule has 0 aliphatic heterocycles. The van der Waals surface area contributed by atoms with Gasteiger partial charge in [-0.3, -0.25) is 0 Å². The molecular formula is C20H42. The second kappa shape index (κ2) is 11.6. The quantitative estimate of drug-likeness (QED) is 0.351. The van der Waals surface area contributed by atoms with Gasteiger partial charge in [-0.05, 0) is 29.6 Å². The van der Waals surface area contributed by atoms with E-state index in [1.165, 1.54) is 51.4 Å². The maximum Gasteiger partial charge on any atom is -0.0417 e. The molecule has 4 unspecified atom stereocenters. The fourth-order valence-electron chi connectivity index (χ4n) is 3.05. The molecular weight excluding hydrogens is 240 g/mol. The predicted octanol–water partition coefficient (Wildman–Crippen LogP) is 7.33. The number of rotatable bonds is 12. The Hall–Kier alpha value is 0. The van der Waals surface area contributed by atoms with E-state index < -0.39 is 0 Å². The molecule has 0 aromatic carbocycles. The highest BCUT2D eigenvalue weighted by Crippen LogP contribution is 2.26. The van der Waals surface area contributed by atoms with Gasteiger partial charge in [-0.15, -0.1) is 0 Å². The lowest BCUT2D eigenvalue weighted by Crippen LogP contribution is -2.10. The minimum atomic E-state index is 0.871. The predicted molar refractivity (Wildman–Crippen MR) is 94.1 cm³/mol. The van der Waals surface area contributed by atoms with Gasteiger partial charge in [0.05, 0.1) is 0 Å². The zero-order chi connectivity index (χ0) is 15.5. The van der Waals surface area contributed by atoms with Crippen LogP contribution in [0.4, 0.5) is 0 Å². The van der Waals surface area contributed by atoms with E-state index in [4.69, 9.17) is 0 Å². The van der Waals surface area contributed by atoms with Crippen molar-refractivity contribution in [2.45, 2.75) is 99.8 Å². The minimum absolute atomic E-state index is 0.871. The third-order valence-corrected chi connectivity index (χ3v) is 5.22. The maximum absolute atomic E-state index is 2.46. The smallest absolute Gasteiger partial charge is 0.0417 e. The molecule has 0 spiro atoms. The molecule has 0 amide bonds. The van der Waals surface area contributed by atoms with Gasteiger partial charge >= 0.3 is 0 Å². The van der Waals surface area contributed by atoms with E-state index in [-0.39, 0.29) is 0 Å². The van der Waals surface area contributed by atoms with Crippen molar-refractivity contribution >= 4 is 0 Å². The van der Waals surface area contributed by atoms with Crippen LogP contribution in [-0.4, -0.2) is 0 Å². The van der Waals surface area contributed by atoms with E-state index in [9.17, 15) is 0 Å². The van der Waals surface area contributed by atoms with E-state index in [2.05, 4.69) is 48.5 Å². The largest absolute Gasteiger partial charge is 0.0654 e. The zero-order valence-electron chi connectivity index (χ0n) is 15.5. The van der Waals surface area contributed by atoms with Crippen LogP contribution in [0.25, 0.3) is 0 Å². The maximum atomic E-state index is 2.46. The monoisotopic (exact) mass is 282 g/mol. The normalized spacial score (nSPS) is 18.0. The molecule has 0 radical (unpaired) electrons. The molecule has 0 N–H and O–H groups in total. The molecule has 0 nitrogen and oxygen atoms in total. The summed E-state index contributed by atoms with van der Waals surface area (Å²) in [4.78, 5) is 0. The van der Waals surface area contributed by atoms with Crippen molar-refractivity contribution in [1.29, 1.82) is 0 Å². The van der Waals surface area contributed by atoms with Crippen LogP contribution in [-0.2, 0) is 0 Å². The van der Waals surface area contributed by atoms with E-state index in [0.29, 0.717) is 0 Å². The molecule has 0 saturated heterocycles. The van der Waals surface area contributed by atoms with Gasteiger partial charge in [0.15, 0.2) is 0 Å². The van der Waals surface area contributed by atoms with Gasteiger partial charge in [0, 0.05) is 0 Å². The first-order valence-corrected chi connectivity index (χ1v) is 9.36. The zero-order valence-corrected chi connectivity index (χ0v) is 15.5. The SMILES string of the molecule is CCCC(C)C(C)CCC(C)CCC(C)CCC(C)C. The second-order valence-electron chi connectivity index (χ2n) is 8.08. The Balaban J connectivity index is 3.69. The van der Waals surface area contributed by atoms with Crippen molar-refractivity contribution in [3.63, 3.8) is 0 Å². The Kier molecular flexibility index (Phi) is 11.6. The molecule has 0 aliphatic carbocycles. The first kappa shape index (κ1) is 20.0. The third kappa shape index (κ3) is 10.7. The van der Waals surface area contributed by atoms with Crippen molar-refractivity contribution in [2.24, 2.45) is 29.6 Å². The highest BCUT2D eigenvalue weighted by atomic mass is 14.2. The van der Waals surface area contributed by atoms with Crippen LogP contribution in [0.5, 0.6) is 0 Å². The van der Waals surface area contributed by atoms with Gasteiger partial charge in [0.25, 0.3) is 0 Å². The van der Waals surface area contributed by atoms with Crippen molar-refractivity contribution in [3.8, 4) is 0 Å². The summed E-state index contributed by atoms with van der Waals surface area (Å²) in [6.45, 7) is 16.8. The minimum Gasteiger partial charge on any atom is -0.0654 e. The molecule has 0 rings (SSSR count). The molecule has 4 atom stereocenters. The Bertz CT molecular complexity index is 206. The summed E-state index contributed by atoms with van der Waals surface area (Å²) in [6, 6.07) is 0. The highest BCUT2D eigenvalue weighted by molar-refractivity contribution is 4.65.